The zero-order valence-electron chi connectivity index (χ0n) is 12.1. The van der Waals surface area contributed by atoms with Crippen LogP contribution in [0.5, 0.6) is 0 Å². The van der Waals surface area contributed by atoms with Crippen molar-refractivity contribution in [2.75, 3.05) is 23.1 Å². The first kappa shape index (κ1) is 18.1. The third kappa shape index (κ3) is 6.05. The van der Waals surface area contributed by atoms with Gasteiger partial charge in [-0.05, 0) is 18.4 Å². The second-order valence-electron chi connectivity index (χ2n) is 4.13. The van der Waals surface area contributed by atoms with Crippen molar-refractivity contribution >= 4 is 64.1 Å². The second-order valence-corrected chi connectivity index (χ2v) is 8.40. The Morgan fingerprint density at radius 1 is 1.17 bits per heavy atom. The number of carbonyl (C=O) groups excluding carboxylic acids is 2. The highest BCUT2D eigenvalue weighted by molar-refractivity contribution is 8.03. The maximum Gasteiger partial charge on any atom is 0.234 e. The minimum Gasteiger partial charge on any atom is -0.369 e. The number of aromatic nitrogens is 2. The molecular formula is C13H14N4O2S4. The van der Waals surface area contributed by atoms with Gasteiger partial charge in [0.25, 0.3) is 0 Å². The fraction of sp³-hybridized carbons (Fsp3) is 0.231. The lowest BCUT2D eigenvalue weighted by Crippen LogP contribution is -2.15. The monoisotopic (exact) mass is 386 g/mol. The van der Waals surface area contributed by atoms with Crippen LogP contribution in [-0.2, 0) is 9.59 Å². The van der Waals surface area contributed by atoms with Gasteiger partial charge in [0.1, 0.15) is 0 Å². The van der Waals surface area contributed by atoms with Crippen LogP contribution in [0.3, 0.4) is 0 Å². The van der Waals surface area contributed by atoms with Crippen LogP contribution in [0.2, 0.25) is 0 Å². The molecule has 0 aliphatic heterocycles. The summed E-state index contributed by atoms with van der Waals surface area (Å²) in [4.78, 5) is 23.8. The van der Waals surface area contributed by atoms with Crippen LogP contribution < -0.4 is 11.1 Å². The Hall–Kier alpha value is -1.23. The van der Waals surface area contributed by atoms with Crippen molar-refractivity contribution in [1.29, 1.82) is 0 Å². The molecule has 0 saturated carbocycles. The molecule has 23 heavy (non-hydrogen) atoms. The zero-order chi connectivity index (χ0) is 16.7. The van der Waals surface area contributed by atoms with E-state index in [9.17, 15) is 9.59 Å². The summed E-state index contributed by atoms with van der Waals surface area (Å²) in [6, 6.07) is 7.31. The van der Waals surface area contributed by atoms with Crippen LogP contribution in [0.4, 0.5) is 5.69 Å². The molecule has 0 spiro atoms. The number of hydrogen-bond donors (Lipinski definition) is 2. The van der Waals surface area contributed by atoms with E-state index < -0.39 is 5.91 Å². The van der Waals surface area contributed by atoms with Crippen molar-refractivity contribution in [1.82, 2.24) is 10.2 Å². The van der Waals surface area contributed by atoms with E-state index in [-0.39, 0.29) is 17.4 Å². The van der Waals surface area contributed by atoms with Gasteiger partial charge in [0, 0.05) is 4.90 Å². The number of anilines is 1. The number of thioether (sulfide) groups is 3. The van der Waals surface area contributed by atoms with Crippen LogP contribution in [0.25, 0.3) is 0 Å². The van der Waals surface area contributed by atoms with Gasteiger partial charge >= 0.3 is 0 Å². The molecule has 3 N–H and O–H groups in total. The molecule has 6 nitrogen and oxygen atoms in total. The highest BCUT2D eigenvalue weighted by atomic mass is 32.2. The first-order valence-corrected chi connectivity index (χ1v) is 10.4. The van der Waals surface area contributed by atoms with Gasteiger partial charge < -0.3 is 11.1 Å². The highest BCUT2D eigenvalue weighted by Gasteiger charge is 2.10. The van der Waals surface area contributed by atoms with E-state index in [1.165, 1.54) is 46.6 Å². The topological polar surface area (TPSA) is 98.0 Å². The number of rotatable bonds is 8. The molecule has 0 bridgehead atoms. The summed E-state index contributed by atoms with van der Waals surface area (Å²) in [6.07, 6.45) is 1.93. The number of primary amides is 1. The minimum absolute atomic E-state index is 0.136. The molecule has 0 fully saturated rings. The highest BCUT2D eigenvalue weighted by Crippen LogP contribution is 2.29. The van der Waals surface area contributed by atoms with Gasteiger partial charge in [-0.2, -0.15) is 0 Å². The molecule has 1 heterocycles. The molecule has 2 amide bonds. The Kier molecular flexibility index (Phi) is 7.21. The SMILES string of the molecule is CSc1nnc(SCC(=O)Nc2ccccc2SCC(N)=O)s1. The summed E-state index contributed by atoms with van der Waals surface area (Å²) < 4.78 is 1.64. The van der Waals surface area contributed by atoms with Crippen molar-refractivity contribution in [2.24, 2.45) is 5.73 Å². The maximum absolute atomic E-state index is 12.1. The van der Waals surface area contributed by atoms with E-state index >= 15 is 0 Å². The molecule has 1 aromatic carbocycles. The van der Waals surface area contributed by atoms with E-state index in [4.69, 9.17) is 5.73 Å². The average molecular weight is 387 g/mol. The predicted octanol–water partition coefficient (Wildman–Crippen LogP) is 2.57. The summed E-state index contributed by atoms with van der Waals surface area (Å²) in [5.74, 6) is -0.114. The van der Waals surface area contributed by atoms with Crippen LogP contribution >= 0.6 is 46.6 Å². The van der Waals surface area contributed by atoms with E-state index in [1.807, 2.05) is 24.5 Å². The number of amides is 2. The van der Waals surface area contributed by atoms with Crippen LogP contribution in [-0.4, -0.2) is 39.8 Å². The zero-order valence-corrected chi connectivity index (χ0v) is 15.4. The average Bonchev–Trinajstić information content (AvgIpc) is 3.00. The van der Waals surface area contributed by atoms with Crippen molar-refractivity contribution in [3.8, 4) is 0 Å². The lowest BCUT2D eigenvalue weighted by atomic mass is 10.3. The molecular weight excluding hydrogens is 372 g/mol. The van der Waals surface area contributed by atoms with Gasteiger partial charge in [-0.15, -0.1) is 22.0 Å². The molecule has 0 aliphatic carbocycles. The van der Waals surface area contributed by atoms with Gasteiger partial charge in [0.2, 0.25) is 11.8 Å². The van der Waals surface area contributed by atoms with E-state index in [1.54, 1.807) is 6.07 Å². The van der Waals surface area contributed by atoms with Gasteiger partial charge in [0.15, 0.2) is 8.68 Å². The maximum atomic E-state index is 12.1. The summed E-state index contributed by atoms with van der Waals surface area (Å²) in [5, 5.41) is 10.8. The number of nitrogens with zero attached hydrogens (tertiary/aromatic N) is 2. The summed E-state index contributed by atoms with van der Waals surface area (Å²) in [7, 11) is 0. The molecule has 0 radical (unpaired) electrons. The van der Waals surface area contributed by atoms with Gasteiger partial charge in [-0.25, -0.2) is 0 Å². The number of carbonyl (C=O) groups is 2. The van der Waals surface area contributed by atoms with Crippen molar-refractivity contribution in [3.05, 3.63) is 24.3 Å². The molecule has 0 unspecified atom stereocenters. The lowest BCUT2D eigenvalue weighted by molar-refractivity contribution is -0.115. The van der Waals surface area contributed by atoms with Gasteiger partial charge in [0.05, 0.1) is 17.2 Å². The third-order valence-electron chi connectivity index (χ3n) is 2.42. The number of nitrogens with one attached hydrogen (secondary N) is 1. The van der Waals surface area contributed by atoms with Crippen LogP contribution in [0, 0.1) is 0 Å². The number of nitrogens with two attached hydrogens (primary N) is 1. The quantitative estimate of drug-likeness (QED) is 0.673. The molecule has 122 valence electrons. The summed E-state index contributed by atoms with van der Waals surface area (Å²) in [6.45, 7) is 0. The van der Waals surface area contributed by atoms with Crippen LogP contribution in [0.1, 0.15) is 0 Å². The summed E-state index contributed by atoms with van der Waals surface area (Å²) >= 11 is 5.64. The van der Waals surface area contributed by atoms with Crippen LogP contribution in [0.15, 0.2) is 37.8 Å². The van der Waals surface area contributed by atoms with Crippen molar-refractivity contribution < 1.29 is 9.59 Å². The normalized spacial score (nSPS) is 10.5. The first-order chi connectivity index (χ1) is 11.1. The van der Waals surface area contributed by atoms with E-state index in [0.29, 0.717) is 5.69 Å². The fourth-order valence-electron chi connectivity index (χ4n) is 1.50. The summed E-state index contributed by atoms with van der Waals surface area (Å²) in [5.41, 5.74) is 5.83. The third-order valence-corrected chi connectivity index (χ3v) is 6.55. The van der Waals surface area contributed by atoms with Crippen molar-refractivity contribution in [2.45, 2.75) is 13.6 Å². The van der Waals surface area contributed by atoms with E-state index in [2.05, 4.69) is 15.5 Å². The van der Waals surface area contributed by atoms with Crippen molar-refractivity contribution in [3.63, 3.8) is 0 Å². The number of benzene rings is 1. The molecule has 2 aromatic rings. The fourth-order valence-corrected chi connectivity index (χ4v) is 4.48. The predicted molar refractivity (Wildman–Crippen MR) is 97.4 cm³/mol. The molecule has 2 rings (SSSR count). The minimum atomic E-state index is -0.396. The molecule has 0 aliphatic rings. The standard InChI is InChI=1S/C13H14N4O2S4/c1-20-12-16-17-13(23-12)22-7-11(19)15-8-4-2-3-5-9(8)21-6-10(14)18/h2-5H,6-7H2,1H3,(H2,14,18)(H,15,19). The Bertz CT molecular complexity index is 692. The number of para-hydroxylation sites is 1. The Morgan fingerprint density at radius 3 is 2.61 bits per heavy atom. The van der Waals surface area contributed by atoms with Gasteiger partial charge in [-0.3, -0.25) is 9.59 Å². The Balaban J connectivity index is 1.90. The molecule has 0 atom stereocenters. The second kappa shape index (κ2) is 9.16. The largest absolute Gasteiger partial charge is 0.369 e. The Morgan fingerprint density at radius 2 is 1.91 bits per heavy atom. The molecule has 0 saturated heterocycles. The lowest BCUT2D eigenvalue weighted by Gasteiger charge is -2.09. The molecule has 10 heteroatoms. The Labute approximate surface area is 150 Å². The number of hydrogen-bond acceptors (Lipinski definition) is 8. The first-order valence-electron chi connectivity index (χ1n) is 6.38. The molecule has 1 aromatic heterocycles. The van der Waals surface area contributed by atoms with E-state index in [0.717, 1.165) is 13.6 Å². The van der Waals surface area contributed by atoms with Gasteiger partial charge in [-0.1, -0.05) is 47.0 Å². The smallest absolute Gasteiger partial charge is 0.234 e.